The van der Waals surface area contributed by atoms with Crippen LogP contribution in [0.2, 0.25) is 0 Å². The maximum atomic E-state index is 5.90. The Bertz CT molecular complexity index is 363. The Kier molecular flexibility index (Phi) is 10.2. The Morgan fingerprint density at radius 1 is 1.39 bits per heavy atom. The zero-order valence-corrected chi connectivity index (χ0v) is 17.8. The van der Waals surface area contributed by atoms with Gasteiger partial charge in [-0.3, -0.25) is 4.99 Å². The van der Waals surface area contributed by atoms with E-state index in [2.05, 4.69) is 29.1 Å². The summed E-state index contributed by atoms with van der Waals surface area (Å²) in [6.45, 7) is 10.2. The Morgan fingerprint density at radius 2 is 2.13 bits per heavy atom. The maximum Gasteiger partial charge on any atom is 0.193 e. The van der Waals surface area contributed by atoms with Crippen molar-refractivity contribution < 1.29 is 9.47 Å². The molecular weight excluding hydrogens is 425 g/mol. The first-order valence-electron chi connectivity index (χ1n) is 8.40. The predicted octanol–water partition coefficient (Wildman–Crippen LogP) is 2.59. The molecule has 2 aliphatic rings. The normalized spacial score (nSPS) is 22.6. The number of nitrogens with one attached hydrogen (secondary N) is 1. The minimum Gasteiger partial charge on any atom is -0.381 e. The summed E-state index contributed by atoms with van der Waals surface area (Å²) in [6.07, 6.45) is 3.49. The molecule has 0 unspecified atom stereocenters. The summed E-state index contributed by atoms with van der Waals surface area (Å²) in [5.41, 5.74) is 0. The molecule has 2 heterocycles. The van der Waals surface area contributed by atoms with Gasteiger partial charge in [0, 0.05) is 57.0 Å². The van der Waals surface area contributed by atoms with Crippen molar-refractivity contribution >= 4 is 41.7 Å². The third-order valence-electron chi connectivity index (χ3n) is 4.06. The summed E-state index contributed by atoms with van der Waals surface area (Å²) < 4.78 is 11.5. The number of nitrogens with zero attached hydrogens (tertiary/aromatic N) is 2. The monoisotopic (exact) mass is 457 g/mol. The van der Waals surface area contributed by atoms with Crippen LogP contribution in [0.25, 0.3) is 0 Å². The second-order valence-electron chi connectivity index (χ2n) is 6.54. The van der Waals surface area contributed by atoms with Crippen LogP contribution < -0.4 is 5.32 Å². The maximum absolute atomic E-state index is 5.90. The van der Waals surface area contributed by atoms with Gasteiger partial charge in [-0.05, 0) is 33.1 Å². The molecule has 0 aliphatic carbocycles. The van der Waals surface area contributed by atoms with Crippen LogP contribution in [-0.4, -0.2) is 74.0 Å². The number of hydrogen-bond donors (Lipinski definition) is 1. The van der Waals surface area contributed by atoms with Crippen LogP contribution in [0.3, 0.4) is 0 Å². The zero-order valence-electron chi connectivity index (χ0n) is 14.7. The molecular formula is C16H32IN3O2S. The van der Waals surface area contributed by atoms with Crippen molar-refractivity contribution in [3.63, 3.8) is 0 Å². The Morgan fingerprint density at radius 3 is 2.78 bits per heavy atom. The third kappa shape index (κ3) is 7.79. The summed E-state index contributed by atoms with van der Waals surface area (Å²) in [6, 6.07) is 0. The van der Waals surface area contributed by atoms with E-state index in [0.29, 0.717) is 10.9 Å². The van der Waals surface area contributed by atoms with Crippen LogP contribution in [-0.2, 0) is 9.47 Å². The standard InChI is InChI=1S/C16H31N3O2S.HI/c1-16(2)13-19(8-12-22-16)15(17-3)18-7-4-9-21-14-5-10-20-11-6-14;/h14H,4-13H2,1-3H3,(H,17,18);1H. The molecule has 2 aliphatic heterocycles. The van der Waals surface area contributed by atoms with Crippen molar-refractivity contribution in [1.29, 1.82) is 0 Å². The molecule has 0 atom stereocenters. The van der Waals surface area contributed by atoms with E-state index in [0.717, 1.165) is 64.7 Å². The van der Waals surface area contributed by atoms with Crippen LogP contribution in [0.15, 0.2) is 4.99 Å². The molecule has 23 heavy (non-hydrogen) atoms. The summed E-state index contributed by atoms with van der Waals surface area (Å²) in [5, 5.41) is 3.48. The van der Waals surface area contributed by atoms with Gasteiger partial charge in [0.1, 0.15) is 0 Å². The van der Waals surface area contributed by atoms with Crippen molar-refractivity contribution in [2.45, 2.75) is 44.0 Å². The van der Waals surface area contributed by atoms with Crippen molar-refractivity contribution in [3.8, 4) is 0 Å². The van der Waals surface area contributed by atoms with Gasteiger partial charge in [0.25, 0.3) is 0 Å². The Hall–Kier alpha value is 0.270. The van der Waals surface area contributed by atoms with E-state index in [1.165, 1.54) is 5.75 Å². The number of hydrogen-bond acceptors (Lipinski definition) is 4. The number of guanidine groups is 1. The van der Waals surface area contributed by atoms with Gasteiger partial charge in [-0.1, -0.05) is 0 Å². The van der Waals surface area contributed by atoms with E-state index >= 15 is 0 Å². The van der Waals surface area contributed by atoms with Gasteiger partial charge in [0.2, 0.25) is 0 Å². The zero-order chi connectivity index (χ0) is 15.8. The fourth-order valence-electron chi connectivity index (χ4n) is 2.89. The number of ether oxygens (including phenoxy) is 2. The van der Waals surface area contributed by atoms with Crippen molar-refractivity contribution in [2.75, 3.05) is 52.3 Å². The highest BCUT2D eigenvalue weighted by Crippen LogP contribution is 2.29. The average molecular weight is 457 g/mol. The molecule has 0 aromatic rings. The molecule has 7 heteroatoms. The van der Waals surface area contributed by atoms with Crippen molar-refractivity contribution in [3.05, 3.63) is 0 Å². The van der Waals surface area contributed by atoms with Crippen LogP contribution in [0.1, 0.15) is 33.1 Å². The summed E-state index contributed by atoms with van der Waals surface area (Å²) in [5.74, 6) is 2.19. The molecule has 0 radical (unpaired) electrons. The van der Waals surface area contributed by atoms with Gasteiger partial charge in [-0.15, -0.1) is 24.0 Å². The molecule has 2 saturated heterocycles. The van der Waals surface area contributed by atoms with Crippen LogP contribution in [0.4, 0.5) is 0 Å². The number of aliphatic imine (C=N–C) groups is 1. The lowest BCUT2D eigenvalue weighted by Crippen LogP contribution is -2.51. The highest BCUT2D eigenvalue weighted by atomic mass is 127. The van der Waals surface area contributed by atoms with Crippen LogP contribution in [0.5, 0.6) is 0 Å². The Balaban J connectivity index is 0.00000264. The second-order valence-corrected chi connectivity index (χ2v) is 8.34. The highest BCUT2D eigenvalue weighted by Gasteiger charge is 2.28. The fraction of sp³-hybridized carbons (Fsp3) is 0.938. The average Bonchev–Trinajstić information content (AvgIpc) is 2.51. The van der Waals surface area contributed by atoms with Gasteiger partial charge in [-0.25, -0.2) is 0 Å². The molecule has 0 amide bonds. The molecule has 0 spiro atoms. The summed E-state index contributed by atoms with van der Waals surface area (Å²) in [7, 11) is 1.87. The number of thioether (sulfide) groups is 1. The van der Waals surface area contributed by atoms with Crippen molar-refractivity contribution in [2.24, 2.45) is 4.99 Å². The Labute approximate surface area is 162 Å². The van der Waals surface area contributed by atoms with Gasteiger partial charge in [0.05, 0.1) is 6.10 Å². The fourth-order valence-corrected chi connectivity index (χ4v) is 4.01. The molecule has 0 aromatic carbocycles. The molecule has 2 fully saturated rings. The quantitative estimate of drug-likeness (QED) is 0.298. The largest absolute Gasteiger partial charge is 0.381 e. The molecule has 0 bridgehead atoms. The van der Waals surface area contributed by atoms with Crippen molar-refractivity contribution in [1.82, 2.24) is 10.2 Å². The minimum atomic E-state index is 0. The van der Waals surface area contributed by atoms with E-state index in [1.54, 1.807) is 0 Å². The topological polar surface area (TPSA) is 46.1 Å². The van der Waals surface area contributed by atoms with E-state index in [4.69, 9.17) is 9.47 Å². The lowest BCUT2D eigenvalue weighted by atomic mass is 10.1. The van der Waals surface area contributed by atoms with Crippen LogP contribution >= 0.6 is 35.7 Å². The van der Waals surface area contributed by atoms with E-state index in [-0.39, 0.29) is 24.0 Å². The predicted molar refractivity (Wildman–Crippen MR) is 109 cm³/mol. The minimum absolute atomic E-state index is 0. The van der Waals surface area contributed by atoms with E-state index < -0.39 is 0 Å². The number of rotatable bonds is 5. The molecule has 136 valence electrons. The van der Waals surface area contributed by atoms with Gasteiger partial charge < -0.3 is 19.7 Å². The smallest absolute Gasteiger partial charge is 0.193 e. The first-order chi connectivity index (χ1) is 10.6. The molecule has 2 rings (SSSR count). The SMILES string of the molecule is CN=C(NCCCOC1CCOCC1)N1CCSC(C)(C)C1.I. The number of halogens is 1. The first kappa shape index (κ1) is 21.3. The molecule has 5 nitrogen and oxygen atoms in total. The molecule has 0 aromatic heterocycles. The van der Waals surface area contributed by atoms with Gasteiger partial charge in [0.15, 0.2) is 5.96 Å². The van der Waals surface area contributed by atoms with Gasteiger partial charge in [-0.2, -0.15) is 11.8 Å². The first-order valence-corrected chi connectivity index (χ1v) is 9.38. The van der Waals surface area contributed by atoms with Gasteiger partial charge >= 0.3 is 0 Å². The third-order valence-corrected chi connectivity index (χ3v) is 5.36. The summed E-state index contributed by atoms with van der Waals surface area (Å²) >= 11 is 2.05. The molecule has 1 N–H and O–H groups in total. The van der Waals surface area contributed by atoms with Crippen LogP contribution in [0, 0.1) is 0 Å². The lowest BCUT2D eigenvalue weighted by Gasteiger charge is -2.39. The highest BCUT2D eigenvalue weighted by molar-refractivity contribution is 14.0. The van der Waals surface area contributed by atoms with E-state index in [9.17, 15) is 0 Å². The van der Waals surface area contributed by atoms with E-state index in [1.807, 2.05) is 18.8 Å². The molecule has 0 saturated carbocycles. The second kappa shape index (κ2) is 11.0. The lowest BCUT2D eigenvalue weighted by molar-refractivity contribution is -0.0320. The summed E-state index contributed by atoms with van der Waals surface area (Å²) in [4.78, 5) is 6.80.